The molecule has 0 saturated heterocycles. The number of hydrogen-bond donors (Lipinski definition) is 1. The van der Waals surface area contributed by atoms with Crippen molar-refractivity contribution >= 4 is 44.9 Å². The molecule has 180 valence electrons. The molecule has 0 atom stereocenters. The largest absolute Gasteiger partial charge is 0.487 e. The van der Waals surface area contributed by atoms with Gasteiger partial charge in [-0.1, -0.05) is 43.1 Å². The predicted octanol–water partition coefficient (Wildman–Crippen LogP) is 5.83. The van der Waals surface area contributed by atoms with Gasteiger partial charge in [0, 0.05) is 40.6 Å². The van der Waals surface area contributed by atoms with Gasteiger partial charge < -0.3 is 9.84 Å². The zero-order valence-electron chi connectivity index (χ0n) is 18.8. The number of aryl methyl sites for hydroxylation is 1. The van der Waals surface area contributed by atoms with Crippen LogP contribution in [-0.2, 0) is 16.6 Å². The Morgan fingerprint density at radius 3 is 2.47 bits per heavy atom. The monoisotopic (exact) mass is 522 g/mol. The van der Waals surface area contributed by atoms with Crippen molar-refractivity contribution in [2.75, 3.05) is 10.8 Å². The van der Waals surface area contributed by atoms with Gasteiger partial charge in [-0.2, -0.15) is 0 Å². The van der Waals surface area contributed by atoms with Crippen LogP contribution in [0.5, 0.6) is 5.75 Å². The number of pyridine rings is 1. The van der Waals surface area contributed by atoms with Gasteiger partial charge in [0.15, 0.2) is 0 Å². The van der Waals surface area contributed by atoms with E-state index < -0.39 is 16.0 Å². The van der Waals surface area contributed by atoms with E-state index >= 15 is 0 Å². The van der Waals surface area contributed by atoms with Crippen LogP contribution in [0, 0.1) is 12.8 Å². The SMILES string of the molecule is Cc1cc(N(CC(C)C)S(=O)(=O)c2cccnc2)c(OCc2ccc(C(=O)O)cc2Cl)cc1Cl. The first-order chi connectivity index (χ1) is 16.0. The first kappa shape index (κ1) is 25.8. The van der Waals surface area contributed by atoms with E-state index in [0.29, 0.717) is 21.8 Å². The summed E-state index contributed by atoms with van der Waals surface area (Å²) in [6.45, 7) is 5.79. The molecule has 1 N–H and O–H groups in total. The normalized spacial score (nSPS) is 11.5. The molecular weight excluding hydrogens is 499 g/mol. The maximum atomic E-state index is 13.6. The summed E-state index contributed by atoms with van der Waals surface area (Å²) in [6, 6.07) is 10.6. The Morgan fingerprint density at radius 1 is 1.15 bits per heavy atom. The van der Waals surface area contributed by atoms with Crippen molar-refractivity contribution in [3.63, 3.8) is 0 Å². The minimum atomic E-state index is -3.95. The molecule has 0 aliphatic heterocycles. The first-order valence-electron chi connectivity index (χ1n) is 10.4. The number of hydrogen-bond acceptors (Lipinski definition) is 5. The van der Waals surface area contributed by atoms with Gasteiger partial charge in [-0.3, -0.25) is 9.29 Å². The number of carboxylic acid groups (broad SMARTS) is 1. The van der Waals surface area contributed by atoms with E-state index in [4.69, 9.17) is 33.0 Å². The van der Waals surface area contributed by atoms with Gasteiger partial charge in [0.1, 0.15) is 17.3 Å². The van der Waals surface area contributed by atoms with Crippen LogP contribution >= 0.6 is 23.2 Å². The molecule has 0 bridgehead atoms. The Balaban J connectivity index is 2.04. The van der Waals surface area contributed by atoms with Gasteiger partial charge in [0.2, 0.25) is 0 Å². The molecule has 1 heterocycles. The van der Waals surface area contributed by atoms with Crippen molar-refractivity contribution in [1.82, 2.24) is 4.98 Å². The summed E-state index contributed by atoms with van der Waals surface area (Å²) in [5.41, 5.74) is 1.61. The Morgan fingerprint density at radius 2 is 1.88 bits per heavy atom. The molecule has 0 spiro atoms. The summed E-state index contributed by atoms with van der Waals surface area (Å²) >= 11 is 12.6. The third-order valence-corrected chi connectivity index (χ3v) is 7.47. The Labute approximate surface area is 209 Å². The smallest absolute Gasteiger partial charge is 0.335 e. The van der Waals surface area contributed by atoms with Crippen molar-refractivity contribution in [1.29, 1.82) is 0 Å². The van der Waals surface area contributed by atoms with E-state index in [-0.39, 0.29) is 40.3 Å². The number of aromatic nitrogens is 1. The number of benzene rings is 2. The highest BCUT2D eigenvalue weighted by atomic mass is 35.5. The molecule has 0 aliphatic carbocycles. The van der Waals surface area contributed by atoms with Crippen molar-refractivity contribution in [2.24, 2.45) is 5.92 Å². The molecule has 2 aromatic carbocycles. The Kier molecular flexibility index (Phi) is 8.07. The van der Waals surface area contributed by atoms with Crippen LogP contribution in [0.15, 0.2) is 59.8 Å². The summed E-state index contributed by atoms with van der Waals surface area (Å²) in [7, 11) is -3.95. The number of aromatic carboxylic acids is 1. The molecule has 7 nitrogen and oxygen atoms in total. The summed E-state index contributed by atoms with van der Waals surface area (Å²) in [5.74, 6) is -0.831. The lowest BCUT2D eigenvalue weighted by atomic mass is 10.1. The van der Waals surface area contributed by atoms with Crippen LogP contribution in [0.2, 0.25) is 10.0 Å². The molecule has 0 amide bonds. The van der Waals surface area contributed by atoms with Gasteiger partial charge in [-0.05, 0) is 48.7 Å². The molecule has 34 heavy (non-hydrogen) atoms. The molecule has 3 rings (SSSR count). The number of carbonyl (C=O) groups is 1. The van der Waals surface area contributed by atoms with Gasteiger partial charge >= 0.3 is 5.97 Å². The number of rotatable bonds is 9. The van der Waals surface area contributed by atoms with Crippen molar-refractivity contribution in [2.45, 2.75) is 32.3 Å². The lowest BCUT2D eigenvalue weighted by Gasteiger charge is -2.28. The molecule has 3 aromatic rings. The van der Waals surface area contributed by atoms with Gasteiger partial charge in [0.05, 0.1) is 11.3 Å². The summed E-state index contributed by atoms with van der Waals surface area (Å²) in [6.07, 6.45) is 2.81. The number of halogens is 2. The highest BCUT2D eigenvalue weighted by Gasteiger charge is 2.29. The molecular formula is C24H24Cl2N2O5S. The van der Waals surface area contributed by atoms with Gasteiger partial charge in [-0.15, -0.1) is 0 Å². The minimum absolute atomic E-state index is 0.00767. The molecule has 0 fully saturated rings. The molecule has 1 aromatic heterocycles. The van der Waals surface area contributed by atoms with Crippen molar-refractivity contribution in [3.8, 4) is 5.75 Å². The quantitative estimate of drug-likeness (QED) is 0.379. The second-order valence-electron chi connectivity index (χ2n) is 8.09. The number of ether oxygens (including phenoxy) is 1. The third-order valence-electron chi connectivity index (χ3n) is 4.95. The number of nitrogens with zero attached hydrogens (tertiary/aromatic N) is 2. The van der Waals surface area contributed by atoms with Crippen LogP contribution in [0.4, 0.5) is 5.69 Å². The maximum absolute atomic E-state index is 13.6. The average molecular weight is 523 g/mol. The fraction of sp³-hybridized carbons (Fsp3) is 0.250. The lowest BCUT2D eigenvalue weighted by Crippen LogP contribution is -2.34. The van der Waals surface area contributed by atoms with Crippen molar-refractivity contribution < 1.29 is 23.1 Å². The van der Waals surface area contributed by atoms with Crippen molar-refractivity contribution in [3.05, 3.63) is 81.6 Å². The minimum Gasteiger partial charge on any atom is -0.487 e. The van der Waals surface area contributed by atoms with Gasteiger partial charge in [0.25, 0.3) is 10.0 Å². The molecule has 0 radical (unpaired) electrons. The van der Waals surface area contributed by atoms with E-state index in [1.807, 2.05) is 13.8 Å². The molecule has 0 aliphatic rings. The van der Waals surface area contributed by atoms with Crippen LogP contribution in [0.25, 0.3) is 0 Å². The fourth-order valence-corrected chi connectivity index (χ4v) is 5.18. The summed E-state index contributed by atoms with van der Waals surface area (Å²) < 4.78 is 34.4. The first-order valence-corrected chi connectivity index (χ1v) is 12.6. The molecule has 10 heteroatoms. The summed E-state index contributed by atoms with van der Waals surface area (Å²) in [4.78, 5) is 15.2. The lowest BCUT2D eigenvalue weighted by molar-refractivity contribution is 0.0697. The summed E-state index contributed by atoms with van der Waals surface area (Å²) in [5, 5.41) is 9.77. The molecule has 0 unspecified atom stereocenters. The van der Waals surface area contributed by atoms with E-state index in [1.165, 1.54) is 34.9 Å². The fourth-order valence-electron chi connectivity index (χ4n) is 3.20. The van der Waals surface area contributed by atoms with Crippen LogP contribution in [0.3, 0.4) is 0 Å². The number of anilines is 1. The third kappa shape index (κ3) is 5.81. The zero-order valence-corrected chi connectivity index (χ0v) is 21.2. The van der Waals surface area contributed by atoms with E-state index in [0.717, 1.165) is 0 Å². The maximum Gasteiger partial charge on any atom is 0.335 e. The zero-order chi connectivity index (χ0) is 25.0. The topological polar surface area (TPSA) is 96.8 Å². The standard InChI is InChI=1S/C24H24Cl2N2O5S/c1-15(2)13-28(34(31,32)19-5-4-8-27-12-19)22-9-16(3)20(25)11-23(22)33-14-18-7-6-17(24(29)30)10-21(18)26/h4-12,15H,13-14H2,1-3H3,(H,29,30). The second kappa shape index (κ2) is 10.6. The van der Waals surface area contributed by atoms with E-state index in [9.17, 15) is 13.2 Å². The highest BCUT2D eigenvalue weighted by Crippen LogP contribution is 2.38. The van der Waals surface area contributed by atoms with Crippen LogP contribution in [0.1, 0.15) is 35.3 Å². The Hall–Kier alpha value is -2.81. The van der Waals surface area contributed by atoms with Crippen LogP contribution < -0.4 is 9.04 Å². The van der Waals surface area contributed by atoms with Crippen LogP contribution in [-0.4, -0.2) is 31.0 Å². The number of sulfonamides is 1. The second-order valence-corrected chi connectivity index (χ2v) is 10.8. The number of carboxylic acids is 1. The Bertz CT molecular complexity index is 1300. The molecule has 0 saturated carbocycles. The van der Waals surface area contributed by atoms with Gasteiger partial charge in [-0.25, -0.2) is 13.2 Å². The highest BCUT2D eigenvalue weighted by molar-refractivity contribution is 7.92. The van der Waals surface area contributed by atoms with E-state index in [2.05, 4.69) is 4.98 Å². The predicted molar refractivity (Wildman–Crippen MR) is 133 cm³/mol. The average Bonchev–Trinajstić information content (AvgIpc) is 2.79. The van der Waals surface area contributed by atoms with E-state index in [1.54, 1.807) is 31.2 Å².